The van der Waals surface area contributed by atoms with E-state index in [0.29, 0.717) is 5.88 Å². The molecule has 0 heterocycles. The minimum absolute atomic E-state index is 0.539. The van der Waals surface area contributed by atoms with Crippen LogP contribution in [0.2, 0.25) is 0 Å². The van der Waals surface area contributed by atoms with Crippen molar-refractivity contribution in [3.05, 3.63) is 29.3 Å². The van der Waals surface area contributed by atoms with Gasteiger partial charge < -0.3 is 5.73 Å². The van der Waals surface area contributed by atoms with Crippen molar-refractivity contribution in [2.75, 3.05) is 5.73 Å². The molecule has 1 aromatic rings. The van der Waals surface area contributed by atoms with Gasteiger partial charge in [-0.05, 0) is 24.1 Å². The summed E-state index contributed by atoms with van der Waals surface area (Å²) in [5, 5.41) is 0. The lowest BCUT2D eigenvalue weighted by atomic mass is 10.1. The van der Waals surface area contributed by atoms with E-state index in [1.165, 1.54) is 0 Å². The lowest BCUT2D eigenvalue weighted by Gasteiger charge is -2.03. The van der Waals surface area contributed by atoms with Gasteiger partial charge in [-0.2, -0.15) is 0 Å². The van der Waals surface area contributed by atoms with Gasteiger partial charge in [0, 0.05) is 11.6 Å². The van der Waals surface area contributed by atoms with Crippen molar-refractivity contribution in [3.63, 3.8) is 0 Å². The Bertz CT molecular complexity index is 233. The second kappa shape index (κ2) is 2.93. The van der Waals surface area contributed by atoms with Gasteiger partial charge in [-0.15, -0.1) is 11.6 Å². The molecule has 1 aromatic carbocycles. The molecular weight excluding hydrogens is 146 g/mol. The quantitative estimate of drug-likeness (QED) is 0.489. The summed E-state index contributed by atoms with van der Waals surface area (Å²) >= 11 is 5.65. The van der Waals surface area contributed by atoms with E-state index in [9.17, 15) is 0 Å². The summed E-state index contributed by atoms with van der Waals surface area (Å²) in [6.07, 6.45) is 0. The van der Waals surface area contributed by atoms with Gasteiger partial charge in [-0.1, -0.05) is 12.1 Å². The molecule has 1 rings (SSSR count). The zero-order valence-corrected chi connectivity index (χ0v) is 6.65. The van der Waals surface area contributed by atoms with E-state index >= 15 is 0 Å². The number of halogens is 1. The van der Waals surface area contributed by atoms with Gasteiger partial charge in [0.05, 0.1) is 0 Å². The summed E-state index contributed by atoms with van der Waals surface area (Å²) in [5.74, 6) is 0.539. The largest absolute Gasteiger partial charge is 0.399 e. The molecule has 0 spiro atoms. The Labute approximate surface area is 65.8 Å². The maximum Gasteiger partial charge on any atom is 0.0477 e. The fourth-order valence-corrected chi connectivity index (χ4v) is 1.14. The molecule has 1 nitrogen and oxygen atoms in total. The Morgan fingerprint density at radius 2 is 2.20 bits per heavy atom. The Morgan fingerprint density at radius 1 is 1.50 bits per heavy atom. The second-order valence-corrected chi connectivity index (χ2v) is 2.53. The Morgan fingerprint density at radius 3 is 2.70 bits per heavy atom. The van der Waals surface area contributed by atoms with Crippen LogP contribution in [0.1, 0.15) is 11.1 Å². The summed E-state index contributed by atoms with van der Waals surface area (Å²) in [5.41, 5.74) is 8.66. The molecule has 0 amide bonds. The summed E-state index contributed by atoms with van der Waals surface area (Å²) in [6.45, 7) is 1.98. The molecule has 0 aliphatic heterocycles. The summed E-state index contributed by atoms with van der Waals surface area (Å²) in [6, 6.07) is 5.78. The van der Waals surface area contributed by atoms with Gasteiger partial charge in [0.2, 0.25) is 0 Å². The van der Waals surface area contributed by atoms with E-state index in [0.717, 1.165) is 16.8 Å². The second-order valence-electron chi connectivity index (χ2n) is 2.26. The number of hydrogen-bond donors (Lipinski definition) is 1. The first-order valence-electron chi connectivity index (χ1n) is 3.15. The number of alkyl halides is 1. The third-order valence-electron chi connectivity index (χ3n) is 1.63. The van der Waals surface area contributed by atoms with Crippen molar-refractivity contribution in [3.8, 4) is 0 Å². The summed E-state index contributed by atoms with van der Waals surface area (Å²) < 4.78 is 0. The van der Waals surface area contributed by atoms with Crippen LogP contribution in [0.5, 0.6) is 0 Å². The number of benzene rings is 1. The van der Waals surface area contributed by atoms with Crippen molar-refractivity contribution < 1.29 is 0 Å². The molecule has 10 heavy (non-hydrogen) atoms. The van der Waals surface area contributed by atoms with Crippen LogP contribution >= 0.6 is 11.6 Å². The van der Waals surface area contributed by atoms with Crippen LogP contribution < -0.4 is 5.73 Å². The molecule has 0 aromatic heterocycles. The van der Waals surface area contributed by atoms with Crippen LogP contribution in [-0.4, -0.2) is 0 Å². The average Bonchev–Trinajstić information content (AvgIpc) is 1.95. The van der Waals surface area contributed by atoms with Crippen molar-refractivity contribution >= 4 is 17.3 Å². The smallest absolute Gasteiger partial charge is 0.0477 e. The number of anilines is 1. The molecule has 0 saturated heterocycles. The van der Waals surface area contributed by atoms with Gasteiger partial charge >= 0.3 is 0 Å². The van der Waals surface area contributed by atoms with Gasteiger partial charge in [-0.25, -0.2) is 0 Å². The molecule has 0 bridgehead atoms. The van der Waals surface area contributed by atoms with Gasteiger partial charge in [0.15, 0.2) is 0 Å². The van der Waals surface area contributed by atoms with E-state index in [1.54, 1.807) is 0 Å². The number of nitrogens with two attached hydrogens (primary N) is 1. The van der Waals surface area contributed by atoms with Crippen molar-refractivity contribution in [2.45, 2.75) is 12.8 Å². The molecule has 2 heteroatoms. The van der Waals surface area contributed by atoms with Crippen LogP contribution in [0.4, 0.5) is 5.69 Å². The van der Waals surface area contributed by atoms with E-state index in [1.807, 2.05) is 25.1 Å². The average molecular weight is 156 g/mol. The first-order valence-corrected chi connectivity index (χ1v) is 3.69. The fraction of sp³-hybridized carbons (Fsp3) is 0.250. The van der Waals surface area contributed by atoms with Gasteiger partial charge in [0.25, 0.3) is 0 Å². The zero-order chi connectivity index (χ0) is 7.56. The number of nitrogen functional groups attached to an aromatic ring is 1. The maximum absolute atomic E-state index is 5.65. The molecule has 54 valence electrons. The molecule has 0 radical (unpaired) electrons. The normalized spacial score (nSPS) is 9.80. The van der Waals surface area contributed by atoms with Crippen LogP contribution in [0.3, 0.4) is 0 Å². The summed E-state index contributed by atoms with van der Waals surface area (Å²) in [7, 11) is 0. The van der Waals surface area contributed by atoms with E-state index in [4.69, 9.17) is 17.3 Å². The highest BCUT2D eigenvalue weighted by Crippen LogP contribution is 2.16. The lowest BCUT2D eigenvalue weighted by Crippen LogP contribution is -1.92. The van der Waals surface area contributed by atoms with Gasteiger partial charge in [-0.3, -0.25) is 0 Å². The SMILES string of the molecule is Cc1c(N)cccc1CCl. The van der Waals surface area contributed by atoms with Crippen LogP contribution in [0.15, 0.2) is 18.2 Å². The third-order valence-corrected chi connectivity index (χ3v) is 1.92. The summed E-state index contributed by atoms with van der Waals surface area (Å²) in [4.78, 5) is 0. The molecule has 0 atom stereocenters. The predicted molar refractivity (Wildman–Crippen MR) is 45.1 cm³/mol. The first-order chi connectivity index (χ1) is 4.75. The molecule has 0 fully saturated rings. The molecule has 0 saturated carbocycles. The molecule has 0 aliphatic carbocycles. The topological polar surface area (TPSA) is 26.0 Å². The Kier molecular flexibility index (Phi) is 2.17. The Balaban J connectivity index is 3.14. The highest BCUT2D eigenvalue weighted by Gasteiger charge is 1.97. The number of rotatable bonds is 1. The monoisotopic (exact) mass is 155 g/mol. The minimum Gasteiger partial charge on any atom is -0.399 e. The number of hydrogen-bond acceptors (Lipinski definition) is 1. The van der Waals surface area contributed by atoms with Crippen molar-refractivity contribution in [2.24, 2.45) is 0 Å². The Hall–Kier alpha value is -0.690. The van der Waals surface area contributed by atoms with Crippen molar-refractivity contribution in [1.82, 2.24) is 0 Å². The van der Waals surface area contributed by atoms with Crippen LogP contribution in [0, 0.1) is 6.92 Å². The molecule has 0 unspecified atom stereocenters. The molecule has 2 N–H and O–H groups in total. The van der Waals surface area contributed by atoms with E-state index < -0.39 is 0 Å². The maximum atomic E-state index is 5.65. The fourth-order valence-electron chi connectivity index (χ4n) is 0.848. The van der Waals surface area contributed by atoms with Crippen molar-refractivity contribution in [1.29, 1.82) is 0 Å². The highest BCUT2D eigenvalue weighted by molar-refractivity contribution is 6.17. The van der Waals surface area contributed by atoms with Gasteiger partial charge in [0.1, 0.15) is 0 Å². The lowest BCUT2D eigenvalue weighted by molar-refractivity contribution is 1.30. The zero-order valence-electron chi connectivity index (χ0n) is 5.89. The molecular formula is C8H10ClN. The highest BCUT2D eigenvalue weighted by atomic mass is 35.5. The standard InChI is InChI=1S/C8H10ClN/c1-6-7(5-9)3-2-4-8(6)10/h2-4H,5,10H2,1H3. The van der Waals surface area contributed by atoms with E-state index in [-0.39, 0.29) is 0 Å². The minimum atomic E-state index is 0.539. The van der Waals surface area contributed by atoms with Crippen LogP contribution in [0.25, 0.3) is 0 Å². The third kappa shape index (κ3) is 1.24. The van der Waals surface area contributed by atoms with Crippen LogP contribution in [-0.2, 0) is 5.88 Å². The predicted octanol–water partition coefficient (Wildman–Crippen LogP) is 2.32. The molecule has 0 aliphatic rings. The van der Waals surface area contributed by atoms with E-state index in [2.05, 4.69) is 0 Å². The first kappa shape index (κ1) is 7.42.